The number of carbonyl (C=O) groups is 2. The van der Waals surface area contributed by atoms with Crippen LogP contribution in [0.5, 0.6) is 0 Å². The van der Waals surface area contributed by atoms with Gasteiger partial charge in [0, 0.05) is 17.8 Å². The Morgan fingerprint density at radius 1 is 1.03 bits per heavy atom. The molecular formula is C24H22N6O3. The number of hydrogen-bond donors (Lipinski definition) is 3. The van der Waals surface area contributed by atoms with Crippen molar-refractivity contribution in [3.63, 3.8) is 0 Å². The Kier molecular flexibility index (Phi) is 6.49. The quantitative estimate of drug-likeness (QED) is 0.335. The van der Waals surface area contributed by atoms with Crippen LogP contribution in [0.1, 0.15) is 45.4 Å². The average Bonchev–Trinajstić information content (AvgIpc) is 3.39. The van der Waals surface area contributed by atoms with Gasteiger partial charge in [0.15, 0.2) is 0 Å². The Morgan fingerprint density at radius 3 is 2.48 bits per heavy atom. The van der Waals surface area contributed by atoms with Crippen molar-refractivity contribution in [2.75, 3.05) is 5.32 Å². The van der Waals surface area contributed by atoms with Crippen LogP contribution < -0.4 is 5.32 Å². The second kappa shape index (κ2) is 9.82. The lowest BCUT2D eigenvalue weighted by molar-refractivity contribution is 0.0697. The van der Waals surface area contributed by atoms with E-state index in [1.165, 1.54) is 6.07 Å². The zero-order valence-electron chi connectivity index (χ0n) is 17.9. The van der Waals surface area contributed by atoms with Crippen molar-refractivity contribution in [1.29, 1.82) is 0 Å². The van der Waals surface area contributed by atoms with Crippen LogP contribution in [0.25, 0.3) is 11.1 Å². The third-order valence-corrected chi connectivity index (χ3v) is 5.34. The lowest BCUT2D eigenvalue weighted by atomic mass is 9.95. The number of anilines is 1. The summed E-state index contributed by atoms with van der Waals surface area (Å²) in [6.07, 6.45) is 3.05. The topological polar surface area (TPSA) is 134 Å². The van der Waals surface area contributed by atoms with E-state index in [-0.39, 0.29) is 23.2 Å². The first-order chi connectivity index (χ1) is 16.1. The highest BCUT2D eigenvalue weighted by Gasteiger charge is 2.19. The smallest absolute Gasteiger partial charge is 0.339 e. The summed E-state index contributed by atoms with van der Waals surface area (Å²) in [6.45, 7) is 2.04. The van der Waals surface area contributed by atoms with E-state index in [0.29, 0.717) is 17.8 Å². The number of rotatable bonds is 9. The van der Waals surface area contributed by atoms with Gasteiger partial charge in [0.1, 0.15) is 11.4 Å². The number of aromatic carboxylic acids is 1. The van der Waals surface area contributed by atoms with Crippen LogP contribution >= 0.6 is 0 Å². The second-order valence-corrected chi connectivity index (χ2v) is 7.47. The van der Waals surface area contributed by atoms with E-state index < -0.39 is 5.97 Å². The summed E-state index contributed by atoms with van der Waals surface area (Å²) < 4.78 is 0. The highest BCUT2D eigenvalue weighted by molar-refractivity contribution is 6.10. The highest BCUT2D eigenvalue weighted by Crippen LogP contribution is 2.26. The van der Waals surface area contributed by atoms with E-state index in [4.69, 9.17) is 0 Å². The molecule has 2 aromatic heterocycles. The number of benzene rings is 2. The minimum Gasteiger partial charge on any atom is -0.478 e. The monoisotopic (exact) mass is 442 g/mol. The molecule has 0 aliphatic heterocycles. The second-order valence-electron chi connectivity index (χ2n) is 7.47. The van der Waals surface area contributed by atoms with E-state index in [1.54, 1.807) is 24.4 Å². The zero-order chi connectivity index (χ0) is 23.2. The Labute approximate surface area is 189 Å². The molecule has 0 aliphatic rings. The first-order valence-electron chi connectivity index (χ1n) is 10.5. The van der Waals surface area contributed by atoms with Gasteiger partial charge >= 0.3 is 5.97 Å². The molecule has 0 amide bonds. The summed E-state index contributed by atoms with van der Waals surface area (Å²) in [6, 6.07) is 18.4. The molecule has 3 N–H and O–H groups in total. The van der Waals surface area contributed by atoms with Crippen LogP contribution in [0, 0.1) is 0 Å². The van der Waals surface area contributed by atoms with Crippen LogP contribution in [0.4, 0.5) is 5.82 Å². The van der Waals surface area contributed by atoms with E-state index >= 15 is 0 Å². The fourth-order valence-electron chi connectivity index (χ4n) is 3.60. The summed E-state index contributed by atoms with van der Waals surface area (Å²) >= 11 is 0. The standard InChI is InChI=1S/C24H22N6O3/c1-2-17(26-22-20(24(32)33)8-5-13-25-22)14-15-9-11-16(12-10-15)18-6-3-4-7-19(18)21(31)23-27-29-30-28-23/h3-13,17H,2,14H2,1H3,(H,25,26)(H,32,33)(H,27,28,29,30). The molecule has 1 unspecified atom stereocenters. The molecular weight excluding hydrogens is 420 g/mol. The number of nitrogens with one attached hydrogen (secondary N) is 2. The number of H-pyrrole nitrogens is 1. The number of tetrazole rings is 1. The van der Waals surface area contributed by atoms with E-state index in [2.05, 4.69) is 30.9 Å². The van der Waals surface area contributed by atoms with Crippen LogP contribution in [0.2, 0.25) is 0 Å². The molecule has 1 atom stereocenters. The Bertz CT molecular complexity index is 1260. The van der Waals surface area contributed by atoms with Crippen molar-refractivity contribution >= 4 is 17.6 Å². The molecule has 2 aromatic carbocycles. The molecule has 9 heteroatoms. The number of aromatic nitrogens is 5. The average molecular weight is 442 g/mol. The number of nitrogens with zero attached hydrogens (tertiary/aromatic N) is 4. The normalized spacial score (nSPS) is 11.7. The lowest BCUT2D eigenvalue weighted by Gasteiger charge is -2.19. The predicted octanol–water partition coefficient (Wildman–Crippen LogP) is 3.62. The van der Waals surface area contributed by atoms with Crippen molar-refractivity contribution < 1.29 is 14.7 Å². The minimum atomic E-state index is -1.01. The first-order valence-corrected chi connectivity index (χ1v) is 10.5. The fraction of sp³-hybridized carbons (Fsp3) is 0.167. The number of carboxylic acid groups (broad SMARTS) is 1. The lowest BCUT2D eigenvalue weighted by Crippen LogP contribution is -2.23. The molecule has 0 bridgehead atoms. The highest BCUT2D eigenvalue weighted by atomic mass is 16.4. The van der Waals surface area contributed by atoms with Gasteiger partial charge in [-0.3, -0.25) is 4.79 Å². The van der Waals surface area contributed by atoms with Gasteiger partial charge in [0.05, 0.1) is 0 Å². The number of pyridine rings is 1. The summed E-state index contributed by atoms with van der Waals surface area (Å²) in [4.78, 5) is 28.4. The van der Waals surface area contributed by atoms with E-state index in [0.717, 1.165) is 23.1 Å². The maximum Gasteiger partial charge on any atom is 0.339 e. The van der Waals surface area contributed by atoms with Gasteiger partial charge in [-0.1, -0.05) is 55.5 Å². The van der Waals surface area contributed by atoms with Crippen molar-refractivity contribution in [2.45, 2.75) is 25.8 Å². The van der Waals surface area contributed by atoms with Crippen LogP contribution in [0.15, 0.2) is 66.9 Å². The molecule has 2 heterocycles. The van der Waals surface area contributed by atoms with Gasteiger partial charge < -0.3 is 10.4 Å². The molecule has 0 aliphatic carbocycles. The number of ketones is 1. The van der Waals surface area contributed by atoms with E-state index in [1.807, 2.05) is 43.3 Å². The molecule has 33 heavy (non-hydrogen) atoms. The van der Waals surface area contributed by atoms with Gasteiger partial charge in [0.25, 0.3) is 0 Å². The number of carboxylic acids is 1. The van der Waals surface area contributed by atoms with Gasteiger partial charge in [-0.25, -0.2) is 9.78 Å². The Balaban J connectivity index is 1.52. The van der Waals surface area contributed by atoms with Crippen molar-refractivity contribution in [1.82, 2.24) is 25.6 Å². The first kappa shape index (κ1) is 21.8. The summed E-state index contributed by atoms with van der Waals surface area (Å²) in [5, 5.41) is 26.0. The van der Waals surface area contributed by atoms with Gasteiger partial charge in [0.2, 0.25) is 11.6 Å². The van der Waals surface area contributed by atoms with Crippen molar-refractivity contribution in [3.05, 3.63) is 89.4 Å². The number of carbonyl (C=O) groups excluding carboxylic acids is 1. The molecule has 4 aromatic rings. The summed E-state index contributed by atoms with van der Waals surface area (Å²) in [5.74, 6) is -0.935. The third kappa shape index (κ3) is 4.93. The predicted molar refractivity (Wildman–Crippen MR) is 122 cm³/mol. The molecule has 9 nitrogen and oxygen atoms in total. The molecule has 0 saturated carbocycles. The Hall–Kier alpha value is -4.40. The van der Waals surface area contributed by atoms with Gasteiger partial charge in [-0.15, -0.1) is 10.2 Å². The maximum atomic E-state index is 12.8. The number of aromatic amines is 1. The van der Waals surface area contributed by atoms with Crippen molar-refractivity contribution in [3.8, 4) is 11.1 Å². The van der Waals surface area contributed by atoms with Crippen molar-refractivity contribution in [2.24, 2.45) is 0 Å². The zero-order valence-corrected chi connectivity index (χ0v) is 17.9. The van der Waals surface area contributed by atoms with Crippen LogP contribution in [-0.2, 0) is 6.42 Å². The largest absolute Gasteiger partial charge is 0.478 e. The molecule has 166 valence electrons. The van der Waals surface area contributed by atoms with E-state index in [9.17, 15) is 14.7 Å². The SMILES string of the molecule is CCC(Cc1ccc(-c2ccccc2C(=O)c2nn[nH]n2)cc1)Nc1ncccc1C(=O)O. The fourth-order valence-corrected chi connectivity index (χ4v) is 3.60. The molecule has 0 spiro atoms. The van der Waals surface area contributed by atoms with Crippen LogP contribution in [-0.4, -0.2) is 48.5 Å². The minimum absolute atomic E-state index is 0.0101. The molecule has 0 saturated heterocycles. The molecule has 0 fully saturated rings. The summed E-state index contributed by atoms with van der Waals surface area (Å²) in [5.41, 5.74) is 3.40. The maximum absolute atomic E-state index is 12.8. The third-order valence-electron chi connectivity index (χ3n) is 5.34. The molecule has 0 radical (unpaired) electrons. The van der Waals surface area contributed by atoms with Gasteiger partial charge in [-0.2, -0.15) is 5.21 Å². The van der Waals surface area contributed by atoms with Crippen LogP contribution in [0.3, 0.4) is 0 Å². The Morgan fingerprint density at radius 2 is 1.79 bits per heavy atom. The summed E-state index contributed by atoms with van der Waals surface area (Å²) in [7, 11) is 0. The molecule has 4 rings (SSSR count). The number of hydrogen-bond acceptors (Lipinski definition) is 7. The van der Waals surface area contributed by atoms with Gasteiger partial charge in [-0.05, 0) is 46.9 Å².